The first-order valence-corrected chi connectivity index (χ1v) is 18.6. The van der Waals surface area contributed by atoms with Crippen molar-refractivity contribution in [1.82, 2.24) is 0 Å². The van der Waals surface area contributed by atoms with Gasteiger partial charge in [0.05, 0.1) is 12.7 Å². The Morgan fingerprint density at radius 2 is 1.38 bits per heavy atom. The molecule has 1 N–H and O–H groups in total. The molecule has 2 heterocycles. The number of aryl methyl sites for hydroxylation is 2. The molecule has 0 fully saturated rings. The van der Waals surface area contributed by atoms with E-state index in [0.29, 0.717) is 13.0 Å². The third-order valence-corrected chi connectivity index (χ3v) is 15.0. The van der Waals surface area contributed by atoms with E-state index in [9.17, 15) is 5.11 Å². The Kier molecular flexibility index (Phi) is 9.86. The van der Waals surface area contributed by atoms with Gasteiger partial charge in [0.25, 0.3) is 0 Å². The van der Waals surface area contributed by atoms with Crippen LogP contribution in [0.15, 0.2) is 60.7 Å². The predicted molar refractivity (Wildman–Crippen MR) is 173 cm³/mol. The second kappa shape index (κ2) is 12.6. The van der Waals surface area contributed by atoms with Crippen LogP contribution in [0.3, 0.4) is 0 Å². The maximum Gasteiger partial charge on any atom is 0.192 e. The van der Waals surface area contributed by atoms with Crippen LogP contribution in [0.4, 0.5) is 0 Å². The molecule has 208 valence electrons. The highest BCUT2D eigenvalue weighted by Crippen LogP contribution is 2.47. The van der Waals surface area contributed by atoms with Gasteiger partial charge in [-0.1, -0.05) is 61.3 Å². The minimum Gasteiger partial charge on any atom is -0.412 e. The van der Waals surface area contributed by atoms with E-state index in [4.69, 9.17) is 27.6 Å². The molecule has 0 saturated heterocycles. The molecular formula is C32H38Cl2O2S2Si. The Morgan fingerprint density at radius 1 is 0.846 bits per heavy atom. The van der Waals surface area contributed by atoms with Crippen molar-refractivity contribution in [1.29, 1.82) is 0 Å². The van der Waals surface area contributed by atoms with Crippen molar-refractivity contribution in [3.63, 3.8) is 0 Å². The molecule has 0 aliphatic carbocycles. The lowest BCUT2D eigenvalue weighted by molar-refractivity contribution is 0.148. The summed E-state index contributed by atoms with van der Waals surface area (Å²) in [5.74, 6) is 0. The summed E-state index contributed by atoms with van der Waals surface area (Å²) < 4.78 is 6.68. The van der Waals surface area contributed by atoms with Crippen molar-refractivity contribution >= 4 is 54.2 Å². The molecule has 4 aromatic rings. The quantitative estimate of drug-likeness (QED) is 0.170. The zero-order valence-electron chi connectivity index (χ0n) is 23.6. The van der Waals surface area contributed by atoms with Gasteiger partial charge in [0, 0.05) is 29.6 Å². The van der Waals surface area contributed by atoms with Crippen molar-refractivity contribution in [2.24, 2.45) is 0 Å². The Hall–Kier alpha value is -1.44. The second-order valence-corrected chi connectivity index (χ2v) is 19.7. The smallest absolute Gasteiger partial charge is 0.192 e. The summed E-state index contributed by atoms with van der Waals surface area (Å²) in [6.07, 6.45) is 1.86. The molecule has 39 heavy (non-hydrogen) atoms. The van der Waals surface area contributed by atoms with Gasteiger partial charge in [-0.25, -0.2) is 0 Å². The summed E-state index contributed by atoms with van der Waals surface area (Å²) in [4.78, 5) is 4.85. The zero-order valence-corrected chi connectivity index (χ0v) is 27.8. The van der Waals surface area contributed by atoms with Gasteiger partial charge in [-0.15, -0.1) is 22.7 Å². The summed E-state index contributed by atoms with van der Waals surface area (Å²) >= 11 is 15.9. The van der Waals surface area contributed by atoms with Gasteiger partial charge in [0.15, 0.2) is 8.32 Å². The Balaban J connectivity index is 1.38. The van der Waals surface area contributed by atoms with Crippen LogP contribution in [0, 0.1) is 13.8 Å². The van der Waals surface area contributed by atoms with E-state index in [2.05, 4.69) is 65.1 Å². The number of thiophene rings is 2. The molecular weight excluding hydrogens is 579 g/mol. The van der Waals surface area contributed by atoms with Crippen molar-refractivity contribution < 1.29 is 9.53 Å². The van der Waals surface area contributed by atoms with Gasteiger partial charge < -0.3 is 9.53 Å². The topological polar surface area (TPSA) is 29.5 Å². The monoisotopic (exact) mass is 616 g/mol. The summed E-state index contributed by atoms with van der Waals surface area (Å²) in [6.45, 7) is 14.0. The number of hydrogen-bond acceptors (Lipinski definition) is 4. The highest BCUT2D eigenvalue weighted by Gasteiger charge is 2.42. The minimum absolute atomic E-state index is 0.118. The summed E-state index contributed by atoms with van der Waals surface area (Å²) in [7, 11) is -2.15. The highest BCUT2D eigenvalue weighted by atomic mass is 35.5. The first-order chi connectivity index (χ1) is 18.3. The third kappa shape index (κ3) is 7.85. The highest BCUT2D eigenvalue weighted by molar-refractivity contribution is 7.12. The van der Waals surface area contributed by atoms with E-state index in [-0.39, 0.29) is 5.04 Å². The molecule has 0 aliphatic rings. The number of hydrogen-bond donors (Lipinski definition) is 1. The fourth-order valence-electron chi connectivity index (χ4n) is 4.73. The number of benzene rings is 2. The van der Waals surface area contributed by atoms with Crippen LogP contribution in [0.2, 0.25) is 28.2 Å². The molecule has 2 nitrogen and oxygen atoms in total. The fraction of sp³-hybridized carbons (Fsp3) is 0.375. The molecule has 1 atom stereocenters. The molecule has 0 aliphatic heterocycles. The normalized spacial score (nSPS) is 13.2. The van der Waals surface area contributed by atoms with Crippen molar-refractivity contribution in [2.45, 2.75) is 77.8 Å². The van der Waals surface area contributed by atoms with E-state index in [0.717, 1.165) is 27.8 Å². The van der Waals surface area contributed by atoms with Crippen LogP contribution >= 0.6 is 45.9 Å². The minimum atomic E-state index is -2.15. The summed E-state index contributed by atoms with van der Waals surface area (Å²) in [5.41, 5.74) is 4.99. The number of aliphatic hydroxyl groups excluding tert-OH is 1. The SMILES string of the molecule is Cc1sc(CO[Si](C)(C)C(C)(C)CC(O)c2cc(Cc3cccc(Cl)c3)c(C)s2)cc1Cc1cccc(Cl)c1. The van der Waals surface area contributed by atoms with Gasteiger partial charge in [0.2, 0.25) is 0 Å². The number of aliphatic hydroxyl groups is 1. The van der Waals surface area contributed by atoms with Crippen molar-refractivity contribution in [3.05, 3.63) is 112 Å². The number of rotatable bonds is 11. The lowest BCUT2D eigenvalue weighted by Crippen LogP contribution is -2.43. The molecule has 0 spiro atoms. The first kappa shape index (κ1) is 30.5. The van der Waals surface area contributed by atoms with Crippen LogP contribution in [-0.2, 0) is 23.9 Å². The summed E-state index contributed by atoms with van der Waals surface area (Å²) in [5, 5.41) is 12.7. The van der Waals surface area contributed by atoms with E-state index in [1.807, 2.05) is 47.7 Å². The predicted octanol–water partition coefficient (Wildman–Crippen LogP) is 10.5. The molecule has 0 radical (unpaired) electrons. The molecule has 0 saturated carbocycles. The molecule has 2 aromatic heterocycles. The molecule has 1 unspecified atom stereocenters. The van der Waals surface area contributed by atoms with Crippen molar-refractivity contribution in [3.8, 4) is 0 Å². The Morgan fingerprint density at radius 3 is 1.95 bits per heavy atom. The summed E-state index contributed by atoms with van der Waals surface area (Å²) in [6, 6.07) is 20.5. The average Bonchev–Trinajstić information content (AvgIpc) is 3.39. The molecule has 0 amide bonds. The Labute approximate surface area is 252 Å². The molecule has 4 rings (SSSR count). The lowest BCUT2D eigenvalue weighted by atomic mass is 10.0. The fourth-order valence-corrected chi connectivity index (χ4v) is 8.86. The maximum absolute atomic E-state index is 11.3. The van der Waals surface area contributed by atoms with Gasteiger partial charge in [-0.3, -0.25) is 0 Å². The van der Waals surface area contributed by atoms with E-state index in [1.165, 1.54) is 36.9 Å². The van der Waals surface area contributed by atoms with Crippen LogP contribution in [0.5, 0.6) is 0 Å². The molecule has 0 bridgehead atoms. The van der Waals surface area contributed by atoms with Crippen LogP contribution in [0.25, 0.3) is 0 Å². The standard InChI is InChI=1S/C32H38Cl2O2S2Si/c1-21-25(13-23-9-7-11-27(33)15-23)17-29(37-21)20-36-39(5,6)32(3,4)19-30(35)31-18-26(22(2)38-31)14-24-10-8-12-28(34)16-24/h7-12,15-18,30,35H,13-14,19-20H2,1-6H3. The number of halogens is 2. The van der Waals surface area contributed by atoms with Gasteiger partial charge >= 0.3 is 0 Å². The second-order valence-electron chi connectivity index (χ2n) is 11.5. The maximum atomic E-state index is 11.3. The van der Waals surface area contributed by atoms with Crippen molar-refractivity contribution in [2.75, 3.05) is 0 Å². The lowest BCUT2D eigenvalue weighted by Gasteiger charge is -2.40. The first-order valence-electron chi connectivity index (χ1n) is 13.3. The zero-order chi connectivity index (χ0) is 28.4. The average molecular weight is 618 g/mol. The molecule has 2 aromatic carbocycles. The largest absolute Gasteiger partial charge is 0.412 e. The molecule has 7 heteroatoms. The van der Waals surface area contributed by atoms with Gasteiger partial charge in [0.1, 0.15) is 0 Å². The van der Waals surface area contributed by atoms with Crippen LogP contribution in [-0.4, -0.2) is 13.4 Å². The Bertz CT molecular complexity index is 1420. The van der Waals surface area contributed by atoms with E-state index >= 15 is 0 Å². The van der Waals surface area contributed by atoms with E-state index in [1.54, 1.807) is 11.3 Å². The van der Waals surface area contributed by atoms with Crippen LogP contribution < -0.4 is 0 Å². The van der Waals surface area contributed by atoms with Crippen LogP contribution in [0.1, 0.15) is 68.1 Å². The van der Waals surface area contributed by atoms with E-state index < -0.39 is 14.4 Å². The van der Waals surface area contributed by atoms with Gasteiger partial charge in [-0.2, -0.15) is 0 Å². The van der Waals surface area contributed by atoms with Gasteiger partial charge in [-0.05, 0) is 110 Å². The third-order valence-electron chi connectivity index (χ3n) is 7.92.